The molecule has 1 unspecified atom stereocenters. The topological polar surface area (TPSA) is 29.3 Å². The van der Waals surface area contributed by atoms with Crippen LogP contribution in [0, 0.1) is 11.8 Å². The van der Waals surface area contributed by atoms with E-state index < -0.39 is 0 Å². The molecule has 72 valence electrons. The molecule has 2 N–H and O–H groups in total. The van der Waals surface area contributed by atoms with Crippen molar-refractivity contribution in [1.29, 1.82) is 0 Å². The molecule has 1 aliphatic rings. The van der Waals surface area contributed by atoms with Gasteiger partial charge in [0.05, 0.1) is 0 Å². The van der Waals surface area contributed by atoms with Crippen LogP contribution < -0.4 is 5.73 Å². The van der Waals surface area contributed by atoms with Crippen molar-refractivity contribution < 1.29 is 0 Å². The molecule has 1 saturated carbocycles. The van der Waals surface area contributed by atoms with Crippen LogP contribution in [-0.4, -0.2) is 31.1 Å². The zero-order valence-corrected chi connectivity index (χ0v) is 8.59. The highest BCUT2D eigenvalue weighted by atomic mass is 15.1. The van der Waals surface area contributed by atoms with Crippen LogP contribution in [-0.2, 0) is 0 Å². The van der Waals surface area contributed by atoms with E-state index >= 15 is 0 Å². The first kappa shape index (κ1) is 10.0. The third-order valence-corrected chi connectivity index (χ3v) is 2.63. The maximum atomic E-state index is 5.75. The van der Waals surface area contributed by atoms with E-state index in [-0.39, 0.29) is 0 Å². The van der Waals surface area contributed by atoms with E-state index in [9.17, 15) is 0 Å². The summed E-state index contributed by atoms with van der Waals surface area (Å²) in [6.07, 6.45) is 2.79. The largest absolute Gasteiger partial charge is 0.329 e. The fourth-order valence-corrected chi connectivity index (χ4v) is 1.92. The molecule has 12 heavy (non-hydrogen) atoms. The molecule has 1 aliphatic carbocycles. The van der Waals surface area contributed by atoms with E-state index in [4.69, 9.17) is 5.73 Å². The lowest BCUT2D eigenvalue weighted by molar-refractivity contribution is 0.201. The van der Waals surface area contributed by atoms with Gasteiger partial charge in [0.1, 0.15) is 0 Å². The molecular formula is C10H22N2. The normalized spacial score (nSPS) is 20.5. The Morgan fingerprint density at radius 3 is 2.33 bits per heavy atom. The first-order valence-corrected chi connectivity index (χ1v) is 5.05. The molecular weight excluding hydrogens is 148 g/mol. The highest BCUT2D eigenvalue weighted by Gasteiger charge is 2.32. The van der Waals surface area contributed by atoms with Crippen LogP contribution in [0.2, 0.25) is 0 Å². The van der Waals surface area contributed by atoms with Crippen molar-refractivity contribution in [3.63, 3.8) is 0 Å². The molecule has 0 heterocycles. The van der Waals surface area contributed by atoms with Crippen LogP contribution in [0.5, 0.6) is 0 Å². The Balaban J connectivity index is 2.30. The molecule has 0 saturated heterocycles. The van der Waals surface area contributed by atoms with E-state index in [0.29, 0.717) is 6.04 Å². The predicted octanol–water partition coefficient (Wildman–Crippen LogP) is 1.31. The molecule has 2 heteroatoms. The van der Waals surface area contributed by atoms with E-state index in [1.165, 1.54) is 19.4 Å². The van der Waals surface area contributed by atoms with Crippen molar-refractivity contribution in [3.05, 3.63) is 0 Å². The summed E-state index contributed by atoms with van der Waals surface area (Å²) in [6.45, 7) is 6.53. The predicted molar refractivity (Wildman–Crippen MR) is 53.0 cm³/mol. The molecule has 0 aromatic heterocycles. The minimum absolute atomic E-state index is 0.646. The SMILES string of the molecule is CC(C)CN(C)C(CN)C1CC1. The summed E-state index contributed by atoms with van der Waals surface area (Å²) in [7, 11) is 2.20. The second kappa shape index (κ2) is 4.24. The van der Waals surface area contributed by atoms with Crippen LogP contribution in [0.15, 0.2) is 0 Å². The zero-order chi connectivity index (χ0) is 9.14. The monoisotopic (exact) mass is 170 g/mol. The van der Waals surface area contributed by atoms with E-state index in [0.717, 1.165) is 18.4 Å². The van der Waals surface area contributed by atoms with E-state index in [1.54, 1.807) is 0 Å². The molecule has 0 aromatic rings. The molecule has 0 aromatic carbocycles. The number of nitrogens with zero attached hydrogens (tertiary/aromatic N) is 1. The van der Waals surface area contributed by atoms with Crippen LogP contribution in [0.3, 0.4) is 0 Å². The number of hydrogen-bond donors (Lipinski definition) is 1. The van der Waals surface area contributed by atoms with Gasteiger partial charge < -0.3 is 10.6 Å². The van der Waals surface area contributed by atoms with Gasteiger partial charge in [0.25, 0.3) is 0 Å². The molecule has 2 nitrogen and oxygen atoms in total. The van der Waals surface area contributed by atoms with Crippen molar-refractivity contribution in [1.82, 2.24) is 4.90 Å². The molecule has 0 bridgehead atoms. The molecule has 0 amide bonds. The van der Waals surface area contributed by atoms with E-state index in [1.807, 2.05) is 0 Å². The minimum Gasteiger partial charge on any atom is -0.329 e. The van der Waals surface area contributed by atoms with Gasteiger partial charge in [-0.2, -0.15) is 0 Å². The Hall–Kier alpha value is -0.0800. The van der Waals surface area contributed by atoms with Crippen molar-refractivity contribution in [3.8, 4) is 0 Å². The Bertz CT molecular complexity index is 130. The second-order valence-corrected chi connectivity index (χ2v) is 4.47. The maximum absolute atomic E-state index is 5.75. The second-order valence-electron chi connectivity index (χ2n) is 4.47. The van der Waals surface area contributed by atoms with Crippen LogP contribution in [0.4, 0.5) is 0 Å². The lowest BCUT2D eigenvalue weighted by Crippen LogP contribution is -2.41. The summed E-state index contributed by atoms with van der Waals surface area (Å²) in [5, 5.41) is 0. The summed E-state index contributed by atoms with van der Waals surface area (Å²) in [6, 6.07) is 0.646. The Kier molecular flexibility index (Phi) is 3.53. The third kappa shape index (κ3) is 2.76. The molecule has 1 atom stereocenters. The number of nitrogens with two attached hydrogens (primary N) is 1. The van der Waals surface area contributed by atoms with Gasteiger partial charge in [-0.3, -0.25) is 0 Å². The fourth-order valence-electron chi connectivity index (χ4n) is 1.92. The maximum Gasteiger partial charge on any atom is 0.0243 e. The van der Waals surface area contributed by atoms with Gasteiger partial charge in [-0.1, -0.05) is 13.8 Å². The van der Waals surface area contributed by atoms with Crippen molar-refractivity contribution in [2.24, 2.45) is 17.6 Å². The summed E-state index contributed by atoms with van der Waals surface area (Å²) < 4.78 is 0. The summed E-state index contributed by atoms with van der Waals surface area (Å²) >= 11 is 0. The van der Waals surface area contributed by atoms with E-state index in [2.05, 4.69) is 25.8 Å². The van der Waals surface area contributed by atoms with Crippen LogP contribution in [0.1, 0.15) is 26.7 Å². The van der Waals surface area contributed by atoms with Gasteiger partial charge in [0.15, 0.2) is 0 Å². The van der Waals surface area contributed by atoms with Crippen molar-refractivity contribution in [2.45, 2.75) is 32.7 Å². The van der Waals surface area contributed by atoms with Crippen LogP contribution >= 0.6 is 0 Å². The molecule has 0 aliphatic heterocycles. The summed E-state index contributed by atoms with van der Waals surface area (Å²) in [5.74, 6) is 1.65. The van der Waals surface area contributed by atoms with Gasteiger partial charge in [-0.05, 0) is 31.7 Å². The van der Waals surface area contributed by atoms with Gasteiger partial charge in [0.2, 0.25) is 0 Å². The van der Waals surface area contributed by atoms with Gasteiger partial charge in [0, 0.05) is 19.1 Å². The highest BCUT2D eigenvalue weighted by molar-refractivity contribution is 4.87. The summed E-state index contributed by atoms with van der Waals surface area (Å²) in [4.78, 5) is 2.43. The standard InChI is InChI=1S/C10H22N2/c1-8(2)7-12(3)10(6-11)9-4-5-9/h8-10H,4-7,11H2,1-3H3. The van der Waals surface area contributed by atoms with Gasteiger partial charge in [-0.15, -0.1) is 0 Å². The number of likely N-dealkylation sites (N-methyl/N-ethyl adjacent to an activating group) is 1. The van der Waals surface area contributed by atoms with Crippen LogP contribution in [0.25, 0.3) is 0 Å². The van der Waals surface area contributed by atoms with Gasteiger partial charge >= 0.3 is 0 Å². The Labute approximate surface area is 76.1 Å². The first-order valence-electron chi connectivity index (χ1n) is 5.05. The summed E-state index contributed by atoms with van der Waals surface area (Å²) in [5.41, 5.74) is 5.75. The quantitative estimate of drug-likeness (QED) is 0.674. The minimum atomic E-state index is 0.646. The number of rotatable bonds is 5. The fraction of sp³-hybridized carbons (Fsp3) is 1.00. The Morgan fingerprint density at radius 2 is 2.00 bits per heavy atom. The van der Waals surface area contributed by atoms with Crippen molar-refractivity contribution in [2.75, 3.05) is 20.1 Å². The lowest BCUT2D eigenvalue weighted by Gasteiger charge is -2.28. The Morgan fingerprint density at radius 1 is 1.42 bits per heavy atom. The first-order chi connectivity index (χ1) is 5.65. The molecule has 0 radical (unpaired) electrons. The average Bonchev–Trinajstić information content (AvgIpc) is 2.70. The smallest absolute Gasteiger partial charge is 0.0243 e. The highest BCUT2D eigenvalue weighted by Crippen LogP contribution is 2.34. The zero-order valence-electron chi connectivity index (χ0n) is 8.59. The third-order valence-electron chi connectivity index (χ3n) is 2.63. The lowest BCUT2D eigenvalue weighted by atomic mass is 10.1. The molecule has 1 fully saturated rings. The molecule has 0 spiro atoms. The number of hydrogen-bond acceptors (Lipinski definition) is 2. The van der Waals surface area contributed by atoms with Gasteiger partial charge in [-0.25, -0.2) is 0 Å². The average molecular weight is 170 g/mol. The van der Waals surface area contributed by atoms with Crippen molar-refractivity contribution >= 4 is 0 Å². The molecule has 1 rings (SSSR count).